The summed E-state index contributed by atoms with van der Waals surface area (Å²) in [6.45, 7) is -0.494. The first-order valence-corrected chi connectivity index (χ1v) is 6.08. The van der Waals surface area contributed by atoms with Crippen LogP contribution in [0.25, 0.3) is 11.2 Å². The molecular weight excluding hydrogens is 268 g/mol. The van der Waals surface area contributed by atoms with Crippen molar-refractivity contribution >= 4 is 11.2 Å². The zero-order valence-electron chi connectivity index (χ0n) is 10.3. The van der Waals surface area contributed by atoms with Crippen LogP contribution in [-0.4, -0.2) is 71.4 Å². The van der Waals surface area contributed by atoms with Crippen molar-refractivity contribution in [3.05, 3.63) is 18.3 Å². The molecule has 5 atom stereocenters. The molecule has 0 amide bonds. The highest BCUT2D eigenvalue weighted by atomic mass is 16.5. The predicted octanol–water partition coefficient (Wildman–Crippen LogP) is -2.13. The molecule has 0 spiro atoms. The molecule has 5 N–H and O–H groups in total. The topological polar surface area (TPSA) is 145 Å². The molecule has 0 unspecified atom stereocenters. The molecule has 1 aliphatic heterocycles. The molecule has 0 aromatic carbocycles. The van der Waals surface area contributed by atoms with Crippen molar-refractivity contribution in [2.45, 2.75) is 30.5 Å². The van der Waals surface area contributed by atoms with E-state index in [1.807, 2.05) is 0 Å². The Bertz CT molecular complexity index is 603. The van der Waals surface area contributed by atoms with E-state index in [4.69, 9.17) is 9.84 Å². The fourth-order valence-electron chi connectivity index (χ4n) is 2.20. The summed E-state index contributed by atoms with van der Waals surface area (Å²) in [5.74, 6) is 0.126. The van der Waals surface area contributed by atoms with Crippen LogP contribution in [0.15, 0.2) is 12.5 Å². The zero-order valence-corrected chi connectivity index (χ0v) is 10.3. The molecule has 9 heteroatoms. The largest absolute Gasteiger partial charge is 0.394 e. The van der Waals surface area contributed by atoms with Gasteiger partial charge < -0.3 is 30.1 Å². The van der Waals surface area contributed by atoms with Crippen LogP contribution >= 0.6 is 0 Å². The maximum atomic E-state index is 9.97. The summed E-state index contributed by atoms with van der Waals surface area (Å²) in [6, 6.07) is 0. The molecule has 0 radical (unpaired) electrons. The van der Waals surface area contributed by atoms with Crippen LogP contribution in [0.1, 0.15) is 11.9 Å². The summed E-state index contributed by atoms with van der Waals surface area (Å²) in [6.07, 6.45) is -3.36. The Labute approximate surface area is 112 Å². The predicted molar refractivity (Wildman–Crippen MR) is 64.4 cm³/mol. The summed E-state index contributed by atoms with van der Waals surface area (Å²) in [7, 11) is 0. The van der Waals surface area contributed by atoms with Crippen molar-refractivity contribution in [2.75, 3.05) is 6.61 Å². The highest BCUT2D eigenvalue weighted by molar-refractivity contribution is 5.68. The molecule has 0 bridgehead atoms. The molecule has 20 heavy (non-hydrogen) atoms. The third-order valence-electron chi connectivity index (χ3n) is 3.34. The lowest BCUT2D eigenvalue weighted by Crippen LogP contribution is -2.55. The number of aromatic amines is 1. The highest BCUT2D eigenvalue weighted by Crippen LogP contribution is 2.30. The summed E-state index contributed by atoms with van der Waals surface area (Å²) in [5, 5.41) is 38.5. The second-order valence-corrected chi connectivity index (χ2v) is 4.62. The van der Waals surface area contributed by atoms with E-state index in [0.717, 1.165) is 0 Å². The van der Waals surface area contributed by atoms with E-state index in [9.17, 15) is 15.3 Å². The molecule has 1 aliphatic rings. The first-order valence-electron chi connectivity index (χ1n) is 6.08. The highest BCUT2D eigenvalue weighted by Gasteiger charge is 2.45. The van der Waals surface area contributed by atoms with Gasteiger partial charge in [0.05, 0.1) is 19.1 Å². The molecule has 1 saturated heterocycles. The number of imidazole rings is 1. The van der Waals surface area contributed by atoms with Gasteiger partial charge in [-0.2, -0.15) is 0 Å². The zero-order chi connectivity index (χ0) is 14.3. The van der Waals surface area contributed by atoms with E-state index >= 15 is 0 Å². The molecule has 9 nitrogen and oxygen atoms in total. The third kappa shape index (κ3) is 2.05. The Morgan fingerprint density at radius 2 is 1.95 bits per heavy atom. The Morgan fingerprint density at radius 1 is 1.15 bits per heavy atom. The van der Waals surface area contributed by atoms with Gasteiger partial charge in [-0.25, -0.2) is 15.0 Å². The Hall–Kier alpha value is -1.65. The van der Waals surface area contributed by atoms with Crippen molar-refractivity contribution in [2.24, 2.45) is 0 Å². The molecule has 1 fully saturated rings. The second-order valence-electron chi connectivity index (χ2n) is 4.62. The van der Waals surface area contributed by atoms with Gasteiger partial charge in [-0.05, 0) is 0 Å². The minimum absolute atomic E-state index is 0.126. The van der Waals surface area contributed by atoms with Crippen LogP contribution in [0, 0.1) is 0 Å². The van der Waals surface area contributed by atoms with Crippen molar-refractivity contribution in [1.29, 1.82) is 0 Å². The van der Waals surface area contributed by atoms with Crippen LogP contribution in [0.5, 0.6) is 0 Å². The number of fused-ring (bicyclic) bond motifs is 1. The lowest BCUT2D eigenvalue weighted by atomic mass is 9.95. The van der Waals surface area contributed by atoms with Gasteiger partial charge in [0.15, 0.2) is 11.5 Å². The van der Waals surface area contributed by atoms with Crippen LogP contribution in [0.4, 0.5) is 0 Å². The second kappa shape index (κ2) is 5.04. The van der Waals surface area contributed by atoms with E-state index in [2.05, 4.69) is 19.9 Å². The molecular formula is C11H14N4O5. The van der Waals surface area contributed by atoms with Crippen LogP contribution in [0.2, 0.25) is 0 Å². The number of hydrogen-bond acceptors (Lipinski definition) is 8. The van der Waals surface area contributed by atoms with Crippen LogP contribution in [-0.2, 0) is 4.74 Å². The van der Waals surface area contributed by atoms with Gasteiger partial charge in [-0.1, -0.05) is 0 Å². The van der Waals surface area contributed by atoms with Gasteiger partial charge in [-0.15, -0.1) is 0 Å². The lowest BCUT2D eigenvalue weighted by molar-refractivity contribution is -0.233. The first-order chi connectivity index (χ1) is 9.61. The standard InChI is InChI=1S/C11H14N4O5/c16-2-5-6(17)7(18)8(19)9(20-5)11-12-1-4-10(15-11)14-3-13-4/h1,3,5-9,16-19H,2H2,(H,12,13,14,15)/t5-,6-,7+,8-,9+/m1/s1. The number of H-pyrrole nitrogens is 1. The van der Waals surface area contributed by atoms with Gasteiger partial charge in [0.25, 0.3) is 0 Å². The van der Waals surface area contributed by atoms with Gasteiger partial charge in [0, 0.05) is 0 Å². The molecule has 0 saturated carbocycles. The maximum Gasteiger partial charge on any atom is 0.180 e. The van der Waals surface area contributed by atoms with E-state index in [0.29, 0.717) is 11.2 Å². The monoisotopic (exact) mass is 282 g/mol. The molecule has 2 aromatic rings. The quantitative estimate of drug-likeness (QED) is 0.420. The number of aliphatic hydroxyl groups is 4. The summed E-state index contributed by atoms with van der Waals surface area (Å²) in [5.41, 5.74) is 1.02. The van der Waals surface area contributed by atoms with Crippen molar-refractivity contribution < 1.29 is 25.2 Å². The minimum atomic E-state index is -1.45. The average molecular weight is 282 g/mol. The molecule has 3 heterocycles. The minimum Gasteiger partial charge on any atom is -0.394 e. The van der Waals surface area contributed by atoms with Crippen molar-refractivity contribution in [3.63, 3.8) is 0 Å². The normalized spacial score (nSPS) is 34.5. The molecule has 108 valence electrons. The smallest absolute Gasteiger partial charge is 0.180 e. The number of aliphatic hydroxyl groups excluding tert-OH is 4. The number of ether oxygens (including phenoxy) is 1. The number of nitrogens with zero attached hydrogens (tertiary/aromatic N) is 3. The average Bonchev–Trinajstić information content (AvgIpc) is 2.92. The van der Waals surface area contributed by atoms with E-state index < -0.39 is 37.1 Å². The SMILES string of the molecule is OC[C@H]1O[C@H](c2ncc3[nH]cnc3n2)[C@H](O)[C@@H](O)[C@@H]1O. The van der Waals surface area contributed by atoms with Gasteiger partial charge in [0.2, 0.25) is 0 Å². The number of aromatic nitrogens is 4. The van der Waals surface area contributed by atoms with Gasteiger partial charge >= 0.3 is 0 Å². The van der Waals surface area contributed by atoms with Crippen LogP contribution in [0.3, 0.4) is 0 Å². The fraction of sp³-hybridized carbons (Fsp3) is 0.545. The van der Waals surface area contributed by atoms with Crippen LogP contribution < -0.4 is 0 Å². The number of nitrogens with one attached hydrogen (secondary N) is 1. The summed E-state index contributed by atoms with van der Waals surface area (Å²) >= 11 is 0. The van der Waals surface area contributed by atoms with Gasteiger partial charge in [-0.3, -0.25) is 0 Å². The van der Waals surface area contributed by atoms with Gasteiger partial charge in [0.1, 0.15) is 36.0 Å². The Morgan fingerprint density at radius 3 is 2.70 bits per heavy atom. The molecule has 2 aromatic heterocycles. The number of hydrogen-bond donors (Lipinski definition) is 5. The molecule has 0 aliphatic carbocycles. The molecule has 3 rings (SSSR count). The van der Waals surface area contributed by atoms with Crippen molar-refractivity contribution in [1.82, 2.24) is 19.9 Å². The Balaban J connectivity index is 1.94. The Kier molecular flexibility index (Phi) is 3.36. The van der Waals surface area contributed by atoms with E-state index in [1.165, 1.54) is 12.5 Å². The fourth-order valence-corrected chi connectivity index (χ4v) is 2.20. The first kappa shape index (κ1) is 13.3. The maximum absolute atomic E-state index is 9.97. The summed E-state index contributed by atoms with van der Waals surface area (Å²) < 4.78 is 5.37. The number of rotatable bonds is 2. The third-order valence-corrected chi connectivity index (χ3v) is 3.34. The van der Waals surface area contributed by atoms with E-state index in [-0.39, 0.29) is 5.82 Å². The lowest BCUT2D eigenvalue weighted by Gasteiger charge is -2.39. The van der Waals surface area contributed by atoms with Crippen molar-refractivity contribution in [3.8, 4) is 0 Å². The summed E-state index contributed by atoms with van der Waals surface area (Å²) in [4.78, 5) is 15.0. The van der Waals surface area contributed by atoms with E-state index in [1.54, 1.807) is 0 Å².